The predicted molar refractivity (Wildman–Crippen MR) is 86.3 cm³/mol. The van der Waals surface area contributed by atoms with Crippen molar-refractivity contribution in [3.63, 3.8) is 0 Å². The molecule has 1 spiro atoms. The molecular formula is C15H21NO4S2. The molecule has 1 amide bonds. The van der Waals surface area contributed by atoms with Crippen molar-refractivity contribution in [2.45, 2.75) is 32.3 Å². The zero-order valence-corrected chi connectivity index (χ0v) is 14.6. The van der Waals surface area contributed by atoms with Gasteiger partial charge in [0.2, 0.25) is 0 Å². The van der Waals surface area contributed by atoms with E-state index in [4.69, 9.17) is 4.74 Å². The van der Waals surface area contributed by atoms with Gasteiger partial charge in [0.05, 0.1) is 35.8 Å². The van der Waals surface area contributed by atoms with Gasteiger partial charge in [-0.25, -0.2) is 8.42 Å². The van der Waals surface area contributed by atoms with Crippen LogP contribution in [0.5, 0.6) is 0 Å². The number of thiophene rings is 1. The van der Waals surface area contributed by atoms with Gasteiger partial charge in [-0.2, -0.15) is 0 Å². The normalized spacial score (nSPS) is 23.6. The van der Waals surface area contributed by atoms with Gasteiger partial charge in [-0.15, -0.1) is 11.3 Å². The molecule has 0 radical (unpaired) electrons. The Morgan fingerprint density at radius 3 is 2.59 bits per heavy atom. The summed E-state index contributed by atoms with van der Waals surface area (Å²) in [5, 5.41) is 0. The van der Waals surface area contributed by atoms with E-state index in [9.17, 15) is 13.2 Å². The summed E-state index contributed by atoms with van der Waals surface area (Å²) < 4.78 is 29.1. The molecule has 1 aromatic rings. The first-order chi connectivity index (χ1) is 10.3. The van der Waals surface area contributed by atoms with Crippen molar-refractivity contribution < 1.29 is 17.9 Å². The summed E-state index contributed by atoms with van der Waals surface area (Å²) in [6.07, 6.45) is 0.974. The molecular weight excluding hydrogens is 322 g/mol. The highest BCUT2D eigenvalue weighted by Gasteiger charge is 2.43. The summed E-state index contributed by atoms with van der Waals surface area (Å²) in [6, 6.07) is 1.94. The summed E-state index contributed by atoms with van der Waals surface area (Å²) in [4.78, 5) is 16.7. The lowest BCUT2D eigenvalue weighted by atomic mass is 9.94. The number of carbonyl (C=O) groups is 1. The highest BCUT2D eigenvalue weighted by Crippen LogP contribution is 2.32. The molecule has 3 rings (SSSR count). The van der Waals surface area contributed by atoms with Crippen molar-refractivity contribution in [1.29, 1.82) is 0 Å². The highest BCUT2D eigenvalue weighted by molar-refractivity contribution is 7.91. The van der Waals surface area contributed by atoms with Crippen molar-refractivity contribution in [1.82, 2.24) is 4.90 Å². The minimum atomic E-state index is -2.93. The van der Waals surface area contributed by atoms with Crippen molar-refractivity contribution >= 4 is 27.1 Å². The average Bonchev–Trinajstić information content (AvgIpc) is 2.81. The Hall–Kier alpha value is -0.920. The largest absolute Gasteiger partial charge is 0.371 e. The first-order valence-electron chi connectivity index (χ1n) is 7.51. The lowest BCUT2D eigenvalue weighted by molar-refractivity contribution is -0.104. The number of hydrogen-bond acceptors (Lipinski definition) is 5. The number of amides is 1. The van der Waals surface area contributed by atoms with Gasteiger partial charge in [0, 0.05) is 16.3 Å². The molecule has 22 heavy (non-hydrogen) atoms. The summed E-state index contributed by atoms with van der Waals surface area (Å²) >= 11 is 1.63. The van der Waals surface area contributed by atoms with Crippen LogP contribution < -0.4 is 0 Å². The number of carbonyl (C=O) groups excluding carboxylic acids is 1. The number of ether oxygens (including phenoxy) is 1. The summed E-state index contributed by atoms with van der Waals surface area (Å²) in [6.45, 7) is 5.51. The Kier molecular flexibility index (Phi) is 4.07. The third-order valence-electron chi connectivity index (χ3n) is 4.54. The second-order valence-electron chi connectivity index (χ2n) is 6.24. The summed E-state index contributed by atoms with van der Waals surface area (Å²) in [5.74, 6) is 0.356. The molecule has 0 aliphatic carbocycles. The summed E-state index contributed by atoms with van der Waals surface area (Å²) in [7, 11) is -2.93. The van der Waals surface area contributed by atoms with Gasteiger partial charge < -0.3 is 9.64 Å². The van der Waals surface area contributed by atoms with E-state index < -0.39 is 15.4 Å². The van der Waals surface area contributed by atoms with Crippen molar-refractivity contribution in [3.8, 4) is 0 Å². The van der Waals surface area contributed by atoms with E-state index in [2.05, 4.69) is 0 Å². The van der Waals surface area contributed by atoms with E-state index in [1.165, 1.54) is 0 Å². The van der Waals surface area contributed by atoms with E-state index in [0.717, 1.165) is 15.3 Å². The lowest BCUT2D eigenvalue weighted by Gasteiger charge is -2.44. The number of nitrogens with zero attached hydrogens (tertiary/aromatic N) is 1. The molecule has 0 bridgehead atoms. The molecule has 2 saturated heterocycles. The maximum atomic E-state index is 12.7. The Balaban J connectivity index is 1.76. The Morgan fingerprint density at radius 2 is 2.00 bits per heavy atom. The van der Waals surface area contributed by atoms with Crippen LogP contribution in [0.1, 0.15) is 33.0 Å². The van der Waals surface area contributed by atoms with E-state index in [-0.39, 0.29) is 17.4 Å². The first-order valence-corrected chi connectivity index (χ1v) is 10.1. The van der Waals surface area contributed by atoms with Gasteiger partial charge in [0.15, 0.2) is 9.84 Å². The minimum Gasteiger partial charge on any atom is -0.371 e. The van der Waals surface area contributed by atoms with Gasteiger partial charge in [-0.05, 0) is 32.8 Å². The number of aryl methyl sites for hydroxylation is 2. The van der Waals surface area contributed by atoms with Gasteiger partial charge >= 0.3 is 0 Å². The molecule has 0 aromatic carbocycles. The van der Waals surface area contributed by atoms with Crippen molar-refractivity contribution in [2.75, 3.05) is 31.2 Å². The maximum absolute atomic E-state index is 12.7. The van der Waals surface area contributed by atoms with Crippen LogP contribution in [0.2, 0.25) is 0 Å². The molecule has 5 nitrogen and oxygen atoms in total. The molecule has 0 N–H and O–H groups in total. The fourth-order valence-corrected chi connectivity index (χ4v) is 5.73. The monoisotopic (exact) mass is 343 g/mol. The molecule has 7 heteroatoms. The third kappa shape index (κ3) is 3.07. The molecule has 0 unspecified atom stereocenters. The average molecular weight is 343 g/mol. The quantitative estimate of drug-likeness (QED) is 0.780. The van der Waals surface area contributed by atoms with Crippen LogP contribution in [0.3, 0.4) is 0 Å². The van der Waals surface area contributed by atoms with Crippen LogP contribution in [0.25, 0.3) is 0 Å². The molecule has 0 atom stereocenters. The molecule has 3 heterocycles. The van der Waals surface area contributed by atoms with Gasteiger partial charge in [0.1, 0.15) is 0 Å². The summed E-state index contributed by atoms with van der Waals surface area (Å²) in [5.41, 5.74) is 0.293. The van der Waals surface area contributed by atoms with Crippen LogP contribution in [-0.2, 0) is 14.6 Å². The van der Waals surface area contributed by atoms with Crippen LogP contribution >= 0.6 is 11.3 Å². The molecule has 0 saturated carbocycles. The lowest BCUT2D eigenvalue weighted by Crippen LogP contribution is -2.56. The smallest absolute Gasteiger partial charge is 0.255 e. The molecule has 122 valence electrons. The van der Waals surface area contributed by atoms with Crippen molar-refractivity contribution in [3.05, 3.63) is 21.4 Å². The van der Waals surface area contributed by atoms with Crippen molar-refractivity contribution in [2.24, 2.45) is 0 Å². The predicted octanol–water partition coefficient (Wildman–Crippen LogP) is 1.78. The van der Waals surface area contributed by atoms with E-state index in [1.54, 1.807) is 11.3 Å². The standard InChI is InChI=1S/C15H21NO4S2/c1-11-9-13(12(2)21-11)14(17)16-5-6-20-15(10-16)3-7-22(18,19)8-4-15/h9H,3-8,10H2,1-2H3. The van der Waals surface area contributed by atoms with Crippen LogP contribution in [-0.4, -0.2) is 56.0 Å². The molecule has 2 aliphatic heterocycles. The third-order valence-corrected chi connectivity index (χ3v) is 7.16. The zero-order valence-electron chi connectivity index (χ0n) is 12.9. The number of rotatable bonds is 1. The fraction of sp³-hybridized carbons (Fsp3) is 0.667. The van der Waals surface area contributed by atoms with Gasteiger partial charge in [-0.1, -0.05) is 0 Å². The first kappa shape index (κ1) is 16.0. The molecule has 2 fully saturated rings. The molecule has 2 aliphatic rings. The second kappa shape index (κ2) is 5.62. The zero-order chi connectivity index (χ0) is 16.0. The maximum Gasteiger partial charge on any atom is 0.255 e. The SMILES string of the molecule is Cc1cc(C(=O)N2CCOC3(CCS(=O)(=O)CC3)C2)c(C)s1. The van der Waals surface area contributed by atoms with E-state index in [0.29, 0.717) is 32.5 Å². The number of sulfone groups is 1. The van der Waals surface area contributed by atoms with Gasteiger partial charge in [0.25, 0.3) is 5.91 Å². The van der Waals surface area contributed by atoms with E-state index in [1.807, 2.05) is 24.8 Å². The van der Waals surface area contributed by atoms with Crippen LogP contribution in [0, 0.1) is 13.8 Å². The Labute approximate surface area is 135 Å². The minimum absolute atomic E-state index is 0.0398. The Bertz CT molecular complexity index is 678. The fourth-order valence-electron chi connectivity index (χ4n) is 3.24. The number of morpholine rings is 1. The topological polar surface area (TPSA) is 63.7 Å². The van der Waals surface area contributed by atoms with E-state index >= 15 is 0 Å². The Morgan fingerprint density at radius 1 is 1.32 bits per heavy atom. The second-order valence-corrected chi connectivity index (χ2v) is 10.0. The molecule has 1 aromatic heterocycles. The van der Waals surface area contributed by atoms with Crippen LogP contribution in [0.4, 0.5) is 0 Å². The number of hydrogen-bond donors (Lipinski definition) is 0. The van der Waals surface area contributed by atoms with Crippen LogP contribution in [0.15, 0.2) is 6.07 Å². The van der Waals surface area contributed by atoms with Gasteiger partial charge in [-0.3, -0.25) is 4.79 Å². The highest BCUT2D eigenvalue weighted by atomic mass is 32.2.